The number of nitrogens with one attached hydrogen (secondary N) is 1. The van der Waals surface area contributed by atoms with Crippen LogP contribution in [-0.4, -0.2) is 18.9 Å². The molecule has 5 heteroatoms. The molecule has 0 radical (unpaired) electrons. The maximum Gasteiger partial charge on any atom is 0.272 e. The Bertz CT molecular complexity index is 410. The molecule has 0 saturated heterocycles. The molecule has 0 fully saturated rings. The van der Waals surface area contributed by atoms with E-state index in [2.05, 4.69) is 5.32 Å². The molecule has 0 aliphatic rings. The lowest BCUT2D eigenvalue weighted by Crippen LogP contribution is -2.28. The molecule has 0 spiro atoms. The van der Waals surface area contributed by atoms with Gasteiger partial charge in [-0.25, -0.2) is 8.78 Å². The van der Waals surface area contributed by atoms with E-state index in [-0.39, 0.29) is 11.8 Å². The fourth-order valence-electron chi connectivity index (χ4n) is 1.45. The summed E-state index contributed by atoms with van der Waals surface area (Å²) in [7, 11) is 0. The van der Waals surface area contributed by atoms with E-state index in [9.17, 15) is 13.6 Å². The number of halogens is 2. The predicted molar refractivity (Wildman–Crippen MR) is 69.2 cm³/mol. The molecule has 1 amide bonds. The first kappa shape index (κ1) is 15.4. The van der Waals surface area contributed by atoms with Gasteiger partial charge >= 0.3 is 0 Å². The highest BCUT2D eigenvalue weighted by Gasteiger charge is 2.10. The van der Waals surface area contributed by atoms with Crippen molar-refractivity contribution < 1.29 is 18.3 Å². The van der Waals surface area contributed by atoms with Crippen LogP contribution < -0.4 is 10.1 Å². The van der Waals surface area contributed by atoms with Crippen molar-refractivity contribution in [3.8, 4) is 5.75 Å². The first-order valence-corrected chi connectivity index (χ1v) is 6.30. The lowest BCUT2D eigenvalue weighted by molar-refractivity contribution is -0.124. The average Bonchev–Trinajstić information content (AvgIpc) is 2.42. The average molecular weight is 271 g/mol. The van der Waals surface area contributed by atoms with Crippen molar-refractivity contribution in [2.24, 2.45) is 5.92 Å². The molecular weight excluding hydrogens is 252 g/mol. The predicted octanol–water partition coefficient (Wildman–Crippen LogP) is 2.99. The third-order valence-corrected chi connectivity index (χ3v) is 2.80. The molecule has 1 rings (SSSR count). The van der Waals surface area contributed by atoms with Gasteiger partial charge in [-0.2, -0.15) is 0 Å². The zero-order valence-electron chi connectivity index (χ0n) is 11.2. The minimum atomic E-state index is -2.49. The van der Waals surface area contributed by atoms with Crippen LogP contribution in [0.15, 0.2) is 24.3 Å². The zero-order valence-corrected chi connectivity index (χ0v) is 11.2. The number of carbonyl (C=O) groups is 1. The first-order valence-electron chi connectivity index (χ1n) is 6.30. The van der Waals surface area contributed by atoms with Crippen LogP contribution in [0.1, 0.15) is 25.8 Å². The fourth-order valence-corrected chi connectivity index (χ4v) is 1.45. The van der Waals surface area contributed by atoms with Crippen LogP contribution >= 0.6 is 0 Å². The van der Waals surface area contributed by atoms with Crippen molar-refractivity contribution >= 4 is 5.91 Å². The fraction of sp³-hybridized carbons (Fsp3) is 0.500. The molecule has 0 unspecified atom stereocenters. The smallest absolute Gasteiger partial charge is 0.272 e. The third-order valence-electron chi connectivity index (χ3n) is 2.80. The zero-order chi connectivity index (χ0) is 14.3. The number of rotatable bonds is 7. The van der Waals surface area contributed by atoms with Gasteiger partial charge in [0.15, 0.2) is 0 Å². The van der Waals surface area contributed by atoms with Crippen molar-refractivity contribution in [2.75, 3.05) is 6.61 Å². The highest BCUT2D eigenvalue weighted by molar-refractivity contribution is 5.78. The van der Waals surface area contributed by atoms with Crippen LogP contribution in [0.5, 0.6) is 5.75 Å². The molecule has 1 aromatic rings. The van der Waals surface area contributed by atoms with Crippen LogP contribution in [0, 0.1) is 5.92 Å². The summed E-state index contributed by atoms with van der Waals surface area (Å²) in [6, 6.07) is 6.79. The molecule has 106 valence electrons. The van der Waals surface area contributed by atoms with E-state index in [4.69, 9.17) is 4.74 Å². The lowest BCUT2D eigenvalue weighted by Gasteiger charge is -2.11. The molecule has 0 heterocycles. The molecule has 1 atom stereocenters. The second-order valence-corrected chi connectivity index (χ2v) is 4.38. The van der Waals surface area contributed by atoms with Gasteiger partial charge in [-0.3, -0.25) is 4.79 Å². The van der Waals surface area contributed by atoms with Gasteiger partial charge < -0.3 is 10.1 Å². The highest BCUT2D eigenvalue weighted by atomic mass is 19.3. The van der Waals surface area contributed by atoms with Crippen molar-refractivity contribution in [1.29, 1.82) is 0 Å². The maximum atomic E-state index is 12.0. The SMILES string of the molecule is CC[C@@H](C)C(=O)NCc1cccc(OCC(F)F)c1. The van der Waals surface area contributed by atoms with Gasteiger partial charge in [-0.05, 0) is 24.1 Å². The van der Waals surface area contributed by atoms with E-state index >= 15 is 0 Å². The van der Waals surface area contributed by atoms with Crippen molar-refractivity contribution in [3.63, 3.8) is 0 Å². The molecule has 0 aliphatic heterocycles. The van der Waals surface area contributed by atoms with E-state index in [0.29, 0.717) is 12.3 Å². The molecule has 0 bridgehead atoms. The first-order chi connectivity index (χ1) is 9.02. The summed E-state index contributed by atoms with van der Waals surface area (Å²) >= 11 is 0. The van der Waals surface area contributed by atoms with E-state index in [1.807, 2.05) is 19.9 Å². The Kier molecular flexibility index (Phi) is 6.25. The van der Waals surface area contributed by atoms with Gasteiger partial charge in [0.1, 0.15) is 12.4 Å². The van der Waals surface area contributed by atoms with Crippen molar-refractivity contribution in [2.45, 2.75) is 33.2 Å². The van der Waals surface area contributed by atoms with Gasteiger partial charge in [0.25, 0.3) is 6.43 Å². The highest BCUT2D eigenvalue weighted by Crippen LogP contribution is 2.14. The van der Waals surface area contributed by atoms with Crippen LogP contribution in [0.3, 0.4) is 0 Å². The molecule has 1 aromatic carbocycles. The minimum absolute atomic E-state index is 0.0126. The van der Waals surface area contributed by atoms with Gasteiger partial charge in [0.2, 0.25) is 5.91 Å². The monoisotopic (exact) mass is 271 g/mol. The molecular formula is C14H19F2NO2. The number of amides is 1. The van der Waals surface area contributed by atoms with Gasteiger partial charge in [0.05, 0.1) is 0 Å². The Balaban J connectivity index is 2.50. The summed E-state index contributed by atoms with van der Waals surface area (Å²) < 4.78 is 29.0. The van der Waals surface area contributed by atoms with E-state index in [0.717, 1.165) is 12.0 Å². The second kappa shape index (κ2) is 7.71. The Morgan fingerprint density at radius 2 is 2.16 bits per heavy atom. The summed E-state index contributed by atoms with van der Waals surface area (Å²) in [6.07, 6.45) is -1.71. The third kappa shape index (κ3) is 5.68. The minimum Gasteiger partial charge on any atom is -0.488 e. The Morgan fingerprint density at radius 3 is 2.79 bits per heavy atom. The van der Waals surface area contributed by atoms with E-state index < -0.39 is 13.0 Å². The van der Waals surface area contributed by atoms with Gasteiger partial charge in [-0.1, -0.05) is 26.0 Å². The van der Waals surface area contributed by atoms with Crippen molar-refractivity contribution in [1.82, 2.24) is 5.32 Å². The van der Waals surface area contributed by atoms with Crippen molar-refractivity contribution in [3.05, 3.63) is 29.8 Å². The number of hydrogen-bond acceptors (Lipinski definition) is 2. The number of ether oxygens (including phenoxy) is 1. The summed E-state index contributed by atoms with van der Waals surface area (Å²) in [6.45, 7) is 3.55. The largest absolute Gasteiger partial charge is 0.488 e. The van der Waals surface area contributed by atoms with E-state index in [1.165, 1.54) is 0 Å². The number of hydrogen-bond donors (Lipinski definition) is 1. The van der Waals surface area contributed by atoms with Gasteiger partial charge in [-0.15, -0.1) is 0 Å². The molecule has 19 heavy (non-hydrogen) atoms. The molecule has 0 aromatic heterocycles. The number of alkyl halides is 2. The van der Waals surface area contributed by atoms with E-state index in [1.54, 1.807) is 18.2 Å². The topological polar surface area (TPSA) is 38.3 Å². The normalized spacial score (nSPS) is 12.3. The summed E-state index contributed by atoms with van der Waals surface area (Å²) in [5.41, 5.74) is 0.823. The quantitative estimate of drug-likeness (QED) is 0.828. The number of carbonyl (C=O) groups excluding carboxylic acids is 1. The van der Waals surface area contributed by atoms with Crippen LogP contribution in [0.4, 0.5) is 8.78 Å². The molecule has 0 saturated carbocycles. The van der Waals surface area contributed by atoms with Crippen LogP contribution in [0.25, 0.3) is 0 Å². The summed E-state index contributed by atoms with van der Waals surface area (Å²) in [4.78, 5) is 11.6. The number of benzene rings is 1. The summed E-state index contributed by atoms with van der Waals surface area (Å²) in [5, 5.41) is 2.80. The molecule has 3 nitrogen and oxygen atoms in total. The molecule has 0 aliphatic carbocycles. The Morgan fingerprint density at radius 1 is 1.42 bits per heavy atom. The molecule has 1 N–H and O–H groups in total. The van der Waals surface area contributed by atoms with Crippen LogP contribution in [-0.2, 0) is 11.3 Å². The lowest BCUT2D eigenvalue weighted by atomic mass is 10.1. The summed E-state index contributed by atoms with van der Waals surface area (Å²) in [5.74, 6) is 0.343. The van der Waals surface area contributed by atoms with Crippen LogP contribution in [0.2, 0.25) is 0 Å². The Hall–Kier alpha value is -1.65. The maximum absolute atomic E-state index is 12.0. The Labute approximate surface area is 112 Å². The second-order valence-electron chi connectivity index (χ2n) is 4.38. The van der Waals surface area contributed by atoms with Gasteiger partial charge in [0, 0.05) is 12.5 Å². The standard InChI is InChI=1S/C14H19F2NO2/c1-3-10(2)14(18)17-8-11-5-4-6-12(7-11)19-9-13(15)16/h4-7,10,13H,3,8-9H2,1-2H3,(H,17,18)/t10-/m1/s1.